The van der Waals surface area contributed by atoms with Gasteiger partial charge in [0.15, 0.2) is 5.78 Å². The number of nitrogens with one attached hydrogen (secondary N) is 1. The molecule has 2 heterocycles. The molecule has 0 aliphatic rings. The molecule has 0 unspecified atom stereocenters. The third kappa shape index (κ3) is 5.83. The Balaban J connectivity index is 1.59. The molecule has 5 aromatic rings. The normalized spacial score (nSPS) is 11.2. The van der Waals surface area contributed by atoms with Gasteiger partial charge in [0.1, 0.15) is 29.5 Å². The first-order chi connectivity index (χ1) is 19.3. The van der Waals surface area contributed by atoms with Crippen LogP contribution in [-0.2, 0) is 6.61 Å². The Morgan fingerprint density at radius 1 is 0.950 bits per heavy atom. The van der Waals surface area contributed by atoms with E-state index >= 15 is 0 Å². The molecule has 0 aliphatic heterocycles. The van der Waals surface area contributed by atoms with Crippen molar-refractivity contribution in [3.05, 3.63) is 102 Å². The molecule has 204 valence electrons. The van der Waals surface area contributed by atoms with Gasteiger partial charge in [-0.25, -0.2) is 4.39 Å². The predicted molar refractivity (Wildman–Crippen MR) is 152 cm³/mol. The van der Waals surface area contributed by atoms with Crippen LogP contribution < -0.4 is 10.1 Å². The average molecular weight is 540 g/mol. The van der Waals surface area contributed by atoms with Gasteiger partial charge in [0.05, 0.1) is 18.1 Å². The largest absolute Gasteiger partial charge is 0.489 e. The first-order valence-electron chi connectivity index (χ1n) is 13.2. The van der Waals surface area contributed by atoms with Gasteiger partial charge in [-0.1, -0.05) is 19.9 Å². The Morgan fingerprint density at radius 3 is 2.42 bits per heavy atom. The Labute approximate surface area is 231 Å². The molecule has 0 spiro atoms. The summed E-state index contributed by atoms with van der Waals surface area (Å²) in [6, 6.07) is 18.7. The highest BCUT2D eigenvalue weighted by molar-refractivity contribution is 6.12. The van der Waals surface area contributed by atoms with Gasteiger partial charge in [0.25, 0.3) is 5.91 Å². The fraction of sp³-hybridized carbons (Fsp3) is 0.212. The van der Waals surface area contributed by atoms with E-state index in [9.17, 15) is 14.0 Å². The van der Waals surface area contributed by atoms with Gasteiger partial charge in [0.2, 0.25) is 0 Å². The first-order valence-corrected chi connectivity index (χ1v) is 13.2. The quantitative estimate of drug-likeness (QED) is 0.182. The number of ether oxygens (including phenoxy) is 1. The lowest BCUT2D eigenvalue weighted by Gasteiger charge is -2.12. The highest BCUT2D eigenvalue weighted by atomic mass is 19.1. The number of furan rings is 2. The van der Waals surface area contributed by atoms with Crippen molar-refractivity contribution in [2.45, 2.75) is 33.3 Å². The second-order valence-electron chi connectivity index (χ2n) is 10.1. The first kappa shape index (κ1) is 26.9. The van der Waals surface area contributed by atoms with Gasteiger partial charge >= 0.3 is 0 Å². The molecule has 0 bridgehead atoms. The third-order valence-corrected chi connectivity index (χ3v) is 6.74. The van der Waals surface area contributed by atoms with Crippen LogP contribution >= 0.6 is 0 Å². The molecular formula is C33H30FNO5. The van der Waals surface area contributed by atoms with E-state index in [0.29, 0.717) is 58.1 Å². The molecule has 1 amide bonds. The molecule has 0 radical (unpaired) electrons. The summed E-state index contributed by atoms with van der Waals surface area (Å²) in [5.41, 5.74) is 4.45. The summed E-state index contributed by atoms with van der Waals surface area (Å²) in [4.78, 5) is 26.1. The molecule has 0 fully saturated rings. The van der Waals surface area contributed by atoms with Crippen molar-refractivity contribution < 1.29 is 27.6 Å². The zero-order valence-electron chi connectivity index (χ0n) is 22.6. The maximum atomic E-state index is 13.6. The molecule has 2 aromatic heterocycles. The summed E-state index contributed by atoms with van der Waals surface area (Å²) < 4.78 is 30.8. The number of halogens is 1. The van der Waals surface area contributed by atoms with Crippen molar-refractivity contribution in [2.75, 3.05) is 7.05 Å². The third-order valence-electron chi connectivity index (χ3n) is 6.74. The monoisotopic (exact) mass is 539 g/mol. The van der Waals surface area contributed by atoms with E-state index in [-0.39, 0.29) is 17.5 Å². The smallest absolute Gasteiger partial charge is 0.255 e. The lowest BCUT2D eigenvalue weighted by atomic mass is 9.96. The number of carbonyl (C=O) groups is 2. The maximum absolute atomic E-state index is 13.6. The molecule has 6 nitrogen and oxygen atoms in total. The second kappa shape index (κ2) is 11.6. The minimum Gasteiger partial charge on any atom is -0.489 e. The average Bonchev–Trinajstić information content (AvgIpc) is 3.62. The number of benzene rings is 3. The van der Waals surface area contributed by atoms with Crippen LogP contribution in [0.15, 0.2) is 88.1 Å². The van der Waals surface area contributed by atoms with Gasteiger partial charge in [-0.15, -0.1) is 0 Å². The van der Waals surface area contributed by atoms with E-state index in [1.807, 2.05) is 30.3 Å². The number of Topliss-reactive ketones (excluding diaryl/α,β-unsaturated/α-hetero) is 1. The summed E-state index contributed by atoms with van der Waals surface area (Å²) >= 11 is 0. The number of carbonyl (C=O) groups excluding carboxylic acids is 2. The lowest BCUT2D eigenvalue weighted by Crippen LogP contribution is -2.18. The van der Waals surface area contributed by atoms with E-state index in [0.717, 1.165) is 23.1 Å². The molecule has 0 aliphatic carbocycles. The molecule has 7 heteroatoms. The highest BCUT2D eigenvalue weighted by Gasteiger charge is 2.22. The van der Waals surface area contributed by atoms with Crippen molar-refractivity contribution in [3.63, 3.8) is 0 Å². The van der Waals surface area contributed by atoms with Gasteiger partial charge in [-0.05, 0) is 84.1 Å². The van der Waals surface area contributed by atoms with Crippen molar-refractivity contribution in [3.8, 4) is 28.2 Å². The summed E-state index contributed by atoms with van der Waals surface area (Å²) in [6.07, 6.45) is 4.42. The molecule has 0 saturated carbocycles. The molecule has 0 saturated heterocycles. The SMILES string of the molecule is CNC(=O)c1c(-c2ccc(F)cc2)oc2ccc(-c3cc(OCc4ccoc4)cc(C(=O)CCC(C)C)c3)cc12. The Hall–Kier alpha value is -4.65. The minimum atomic E-state index is -0.378. The maximum Gasteiger partial charge on any atom is 0.255 e. The van der Waals surface area contributed by atoms with Crippen molar-refractivity contribution in [2.24, 2.45) is 5.92 Å². The zero-order valence-corrected chi connectivity index (χ0v) is 22.6. The molecule has 40 heavy (non-hydrogen) atoms. The van der Waals surface area contributed by atoms with Crippen LogP contribution in [0.4, 0.5) is 4.39 Å². The van der Waals surface area contributed by atoms with Crippen molar-refractivity contribution in [1.82, 2.24) is 5.32 Å². The van der Waals surface area contributed by atoms with Gasteiger partial charge in [0, 0.05) is 35.5 Å². The topological polar surface area (TPSA) is 81.7 Å². The molecule has 0 atom stereocenters. The summed E-state index contributed by atoms with van der Waals surface area (Å²) in [5, 5.41) is 3.29. The van der Waals surface area contributed by atoms with Crippen molar-refractivity contribution >= 4 is 22.7 Å². The molecule has 1 N–H and O–H groups in total. The van der Waals surface area contributed by atoms with Crippen LogP contribution in [-0.4, -0.2) is 18.7 Å². The van der Waals surface area contributed by atoms with Crippen LogP contribution in [0.5, 0.6) is 5.75 Å². The number of hydrogen-bond acceptors (Lipinski definition) is 5. The van der Waals surface area contributed by atoms with E-state index in [2.05, 4.69) is 19.2 Å². The number of ketones is 1. The summed E-state index contributed by atoms with van der Waals surface area (Å²) in [5.74, 6) is 0.656. The fourth-order valence-corrected chi connectivity index (χ4v) is 4.55. The van der Waals surface area contributed by atoms with Crippen molar-refractivity contribution in [1.29, 1.82) is 0 Å². The summed E-state index contributed by atoms with van der Waals surface area (Å²) in [7, 11) is 1.55. The Morgan fingerprint density at radius 2 is 1.73 bits per heavy atom. The minimum absolute atomic E-state index is 0.0396. The molecule has 5 rings (SSSR count). The Kier molecular flexibility index (Phi) is 7.82. The van der Waals surface area contributed by atoms with E-state index < -0.39 is 0 Å². The number of amides is 1. The molecule has 3 aromatic carbocycles. The fourth-order valence-electron chi connectivity index (χ4n) is 4.55. The van der Waals surface area contributed by atoms with E-state index in [1.54, 1.807) is 43.8 Å². The van der Waals surface area contributed by atoms with Crippen LogP contribution in [0.2, 0.25) is 0 Å². The number of hydrogen-bond donors (Lipinski definition) is 1. The summed E-state index contributed by atoms with van der Waals surface area (Å²) in [6.45, 7) is 4.48. The van der Waals surface area contributed by atoms with Crippen LogP contribution in [0.3, 0.4) is 0 Å². The van der Waals surface area contributed by atoms with Crippen LogP contribution in [0.25, 0.3) is 33.4 Å². The number of rotatable bonds is 10. The second-order valence-corrected chi connectivity index (χ2v) is 10.1. The molecular weight excluding hydrogens is 509 g/mol. The Bertz CT molecular complexity index is 1650. The number of fused-ring (bicyclic) bond motifs is 1. The van der Waals surface area contributed by atoms with Gasteiger partial charge in [-0.2, -0.15) is 0 Å². The van der Waals surface area contributed by atoms with E-state index in [4.69, 9.17) is 13.6 Å². The van der Waals surface area contributed by atoms with Gasteiger partial charge < -0.3 is 18.9 Å². The van der Waals surface area contributed by atoms with Crippen LogP contribution in [0.1, 0.15) is 53.0 Å². The highest BCUT2D eigenvalue weighted by Crippen LogP contribution is 2.37. The van der Waals surface area contributed by atoms with E-state index in [1.165, 1.54) is 12.1 Å². The zero-order chi connectivity index (χ0) is 28.2. The van der Waals surface area contributed by atoms with Crippen LogP contribution in [0, 0.1) is 11.7 Å². The predicted octanol–water partition coefficient (Wildman–Crippen LogP) is 8.06. The van der Waals surface area contributed by atoms with Gasteiger partial charge in [-0.3, -0.25) is 9.59 Å². The lowest BCUT2D eigenvalue weighted by molar-refractivity contribution is 0.0960. The standard InChI is InChI=1S/C33H30FNO5/c1-20(2)4-10-29(36)25-14-24(15-27(16-25)39-19-21-12-13-38-18-21)23-7-11-30-28(17-23)31(33(37)35-3)32(40-30)22-5-8-26(34)9-6-22/h5-9,11-18,20H,4,10,19H2,1-3H3,(H,35,37).